The van der Waals surface area contributed by atoms with Gasteiger partial charge in [0.05, 0.1) is 17.5 Å². The summed E-state index contributed by atoms with van der Waals surface area (Å²) in [6, 6.07) is 13.5. The van der Waals surface area contributed by atoms with Gasteiger partial charge in [0.15, 0.2) is 0 Å². The van der Waals surface area contributed by atoms with Crippen molar-refractivity contribution in [3.05, 3.63) is 59.7 Å². The maximum absolute atomic E-state index is 13.3. The van der Waals surface area contributed by atoms with E-state index in [0.717, 1.165) is 43.4 Å². The van der Waals surface area contributed by atoms with Crippen molar-refractivity contribution < 1.29 is 22.7 Å². The third kappa shape index (κ3) is 5.17. The fourth-order valence-electron chi connectivity index (χ4n) is 5.07. The number of alkyl halides is 3. The first-order valence-corrected chi connectivity index (χ1v) is 12.0. The molecule has 1 saturated heterocycles. The predicted octanol–water partition coefficient (Wildman–Crippen LogP) is 3.97. The highest BCUT2D eigenvalue weighted by molar-refractivity contribution is 5.82. The van der Waals surface area contributed by atoms with E-state index in [9.17, 15) is 18.0 Å². The molecule has 0 bridgehead atoms. The molecule has 1 saturated carbocycles. The van der Waals surface area contributed by atoms with Crippen LogP contribution in [-0.4, -0.2) is 56.2 Å². The van der Waals surface area contributed by atoms with E-state index >= 15 is 0 Å². The van der Waals surface area contributed by atoms with Gasteiger partial charge < -0.3 is 15.0 Å². The fourth-order valence-corrected chi connectivity index (χ4v) is 5.07. The number of amides is 1. The summed E-state index contributed by atoms with van der Waals surface area (Å²) in [6.07, 6.45) is -1.81. The van der Waals surface area contributed by atoms with E-state index in [2.05, 4.69) is 15.1 Å². The Morgan fingerprint density at radius 2 is 1.88 bits per heavy atom. The molecule has 2 aromatic rings. The third-order valence-electron chi connectivity index (χ3n) is 7.14. The van der Waals surface area contributed by atoms with Crippen molar-refractivity contribution in [1.82, 2.24) is 10.2 Å². The number of benzene rings is 2. The van der Waals surface area contributed by atoms with Gasteiger partial charge in [-0.15, -0.1) is 0 Å². The van der Waals surface area contributed by atoms with Crippen molar-refractivity contribution in [3.8, 4) is 5.75 Å². The molecule has 2 aliphatic heterocycles. The van der Waals surface area contributed by atoms with Crippen molar-refractivity contribution in [2.75, 3.05) is 44.2 Å². The number of nitrogens with one attached hydrogen (secondary N) is 1. The van der Waals surface area contributed by atoms with E-state index < -0.39 is 11.7 Å². The summed E-state index contributed by atoms with van der Waals surface area (Å²) < 4.78 is 45.9. The molecule has 5 rings (SSSR count). The number of carbonyl (C=O) groups is 1. The lowest BCUT2D eigenvalue weighted by Gasteiger charge is -2.49. The minimum Gasteiger partial charge on any atom is -0.492 e. The number of fused-ring (bicyclic) bond motifs is 3. The van der Waals surface area contributed by atoms with Crippen LogP contribution in [0.5, 0.6) is 5.75 Å². The Morgan fingerprint density at radius 3 is 2.62 bits per heavy atom. The summed E-state index contributed by atoms with van der Waals surface area (Å²) in [5, 5.41) is 3.07. The standard InChI is InChI=1S/C26H30F3N3O2/c27-26(28,29)20-8-9-23-19(14-20)15-22(25(33)30-16-18-6-7-18)24-17-31(10-11-32(23)24)12-13-34-21-4-2-1-3-5-21/h1-5,8-9,14,18,22,24H,6-7,10-13,15-17H2,(H,30,33)/t22-,24-/m1/s1. The maximum Gasteiger partial charge on any atom is 0.416 e. The Kier molecular flexibility index (Phi) is 6.42. The number of hydrogen-bond donors (Lipinski definition) is 1. The van der Waals surface area contributed by atoms with Gasteiger partial charge in [-0.2, -0.15) is 13.2 Å². The van der Waals surface area contributed by atoms with Crippen molar-refractivity contribution in [1.29, 1.82) is 0 Å². The fraction of sp³-hybridized carbons (Fsp3) is 0.500. The zero-order chi connectivity index (χ0) is 23.7. The van der Waals surface area contributed by atoms with Crippen LogP contribution >= 0.6 is 0 Å². The highest BCUT2D eigenvalue weighted by atomic mass is 19.4. The lowest BCUT2D eigenvalue weighted by Crippen LogP contribution is -2.61. The predicted molar refractivity (Wildman–Crippen MR) is 124 cm³/mol. The molecule has 2 fully saturated rings. The zero-order valence-electron chi connectivity index (χ0n) is 19.1. The molecule has 2 aromatic carbocycles. The molecule has 182 valence electrons. The number of hydrogen-bond acceptors (Lipinski definition) is 4. The van der Waals surface area contributed by atoms with E-state index in [-0.39, 0.29) is 17.9 Å². The molecule has 0 unspecified atom stereocenters. The van der Waals surface area contributed by atoms with Gasteiger partial charge in [-0.25, -0.2) is 0 Å². The SMILES string of the molecule is O=C(NCC1CC1)[C@@H]1Cc2cc(C(F)(F)F)ccc2N2CCN(CCOc3ccccc3)C[C@H]12. The molecule has 2 atom stereocenters. The summed E-state index contributed by atoms with van der Waals surface area (Å²) >= 11 is 0. The molecule has 0 aromatic heterocycles. The normalized spacial score (nSPS) is 22.6. The largest absolute Gasteiger partial charge is 0.492 e. The van der Waals surface area contributed by atoms with Gasteiger partial charge in [0.2, 0.25) is 5.91 Å². The minimum atomic E-state index is -4.40. The molecular weight excluding hydrogens is 443 g/mol. The molecule has 1 N–H and O–H groups in total. The Balaban J connectivity index is 1.31. The van der Waals surface area contributed by atoms with Gasteiger partial charge in [-0.05, 0) is 61.1 Å². The summed E-state index contributed by atoms with van der Waals surface area (Å²) in [6.45, 7) is 4.05. The second-order valence-electron chi connectivity index (χ2n) is 9.56. The summed E-state index contributed by atoms with van der Waals surface area (Å²) in [5.41, 5.74) is 0.779. The Bertz CT molecular complexity index is 1010. The smallest absolute Gasteiger partial charge is 0.416 e. The minimum absolute atomic E-state index is 0.0488. The van der Waals surface area contributed by atoms with Crippen LogP contribution in [0.2, 0.25) is 0 Å². The van der Waals surface area contributed by atoms with E-state index in [1.54, 1.807) is 6.07 Å². The summed E-state index contributed by atoms with van der Waals surface area (Å²) in [4.78, 5) is 17.6. The van der Waals surface area contributed by atoms with Crippen LogP contribution < -0.4 is 15.0 Å². The summed E-state index contributed by atoms with van der Waals surface area (Å²) in [7, 11) is 0. The van der Waals surface area contributed by atoms with Crippen molar-refractivity contribution in [3.63, 3.8) is 0 Å². The van der Waals surface area contributed by atoms with Gasteiger partial charge in [0.25, 0.3) is 0 Å². The second kappa shape index (κ2) is 9.49. The molecule has 2 heterocycles. The van der Waals surface area contributed by atoms with Crippen LogP contribution in [0.1, 0.15) is 24.0 Å². The maximum atomic E-state index is 13.3. The highest BCUT2D eigenvalue weighted by Crippen LogP contribution is 2.40. The molecule has 34 heavy (non-hydrogen) atoms. The number of anilines is 1. The lowest BCUT2D eigenvalue weighted by molar-refractivity contribution is -0.137. The van der Waals surface area contributed by atoms with Crippen LogP contribution in [0.3, 0.4) is 0 Å². The van der Waals surface area contributed by atoms with Crippen molar-refractivity contribution >= 4 is 11.6 Å². The average Bonchev–Trinajstić information content (AvgIpc) is 3.66. The Labute approximate surface area is 197 Å². The van der Waals surface area contributed by atoms with Crippen LogP contribution in [0.4, 0.5) is 18.9 Å². The van der Waals surface area contributed by atoms with Gasteiger partial charge in [-0.1, -0.05) is 18.2 Å². The molecule has 5 nitrogen and oxygen atoms in total. The Morgan fingerprint density at radius 1 is 1.09 bits per heavy atom. The number of para-hydroxylation sites is 1. The second-order valence-corrected chi connectivity index (χ2v) is 9.56. The third-order valence-corrected chi connectivity index (χ3v) is 7.14. The molecule has 0 radical (unpaired) electrons. The van der Waals surface area contributed by atoms with Crippen LogP contribution in [0.25, 0.3) is 0 Å². The number of rotatable bonds is 7. The van der Waals surface area contributed by atoms with Crippen LogP contribution in [0, 0.1) is 11.8 Å². The van der Waals surface area contributed by atoms with E-state index in [1.807, 2.05) is 30.3 Å². The molecular formula is C26H30F3N3O2. The Hall–Kier alpha value is -2.74. The van der Waals surface area contributed by atoms with Crippen LogP contribution in [0.15, 0.2) is 48.5 Å². The topological polar surface area (TPSA) is 44.8 Å². The zero-order valence-corrected chi connectivity index (χ0v) is 19.1. The van der Waals surface area contributed by atoms with E-state index in [1.165, 1.54) is 6.07 Å². The van der Waals surface area contributed by atoms with Gasteiger partial charge in [0, 0.05) is 38.4 Å². The van der Waals surface area contributed by atoms with Crippen molar-refractivity contribution in [2.24, 2.45) is 11.8 Å². The van der Waals surface area contributed by atoms with Crippen LogP contribution in [-0.2, 0) is 17.4 Å². The molecule has 1 amide bonds. The molecule has 3 aliphatic rings. The molecule has 8 heteroatoms. The lowest BCUT2D eigenvalue weighted by atomic mass is 9.82. The van der Waals surface area contributed by atoms with Gasteiger partial charge in [-0.3, -0.25) is 9.69 Å². The number of halogens is 3. The molecule has 0 spiro atoms. The first kappa shape index (κ1) is 23.0. The summed E-state index contributed by atoms with van der Waals surface area (Å²) in [5.74, 6) is 0.941. The number of piperazine rings is 1. The number of nitrogens with zero attached hydrogens (tertiary/aromatic N) is 2. The monoisotopic (exact) mass is 473 g/mol. The van der Waals surface area contributed by atoms with Crippen molar-refractivity contribution in [2.45, 2.75) is 31.5 Å². The quantitative estimate of drug-likeness (QED) is 0.661. The van der Waals surface area contributed by atoms with E-state index in [0.29, 0.717) is 44.1 Å². The number of carbonyl (C=O) groups excluding carboxylic acids is 1. The van der Waals surface area contributed by atoms with E-state index in [4.69, 9.17) is 4.74 Å². The van der Waals surface area contributed by atoms with Gasteiger partial charge in [0.1, 0.15) is 12.4 Å². The first-order chi connectivity index (χ1) is 16.4. The highest BCUT2D eigenvalue weighted by Gasteiger charge is 2.42. The molecule has 1 aliphatic carbocycles. The van der Waals surface area contributed by atoms with Gasteiger partial charge >= 0.3 is 6.18 Å². The average molecular weight is 474 g/mol. The first-order valence-electron chi connectivity index (χ1n) is 12.0. The number of ether oxygens (including phenoxy) is 1.